The Hall–Kier alpha value is 0.210. The summed E-state index contributed by atoms with van der Waals surface area (Å²) in [6, 6.07) is 0. The largest absolute Gasteiger partial charge is 0.466 e. The summed E-state index contributed by atoms with van der Waals surface area (Å²) in [4.78, 5) is 9.82. The molecule has 0 aromatic carbocycles. The maximum absolute atomic E-state index is 9.82. The zero-order valence-electron chi connectivity index (χ0n) is 4.47. The van der Waals surface area contributed by atoms with E-state index in [-0.39, 0.29) is 28.3 Å². The van der Waals surface area contributed by atoms with Crippen molar-refractivity contribution in [2.24, 2.45) is 0 Å². The molecule has 0 unspecified atom stereocenters. The summed E-state index contributed by atoms with van der Waals surface area (Å²) in [5.41, 5.74) is 0. The third kappa shape index (κ3) is 10.7. The van der Waals surface area contributed by atoms with Gasteiger partial charge in [0.15, 0.2) is 0 Å². The molecule has 0 atom stereocenters. The molecule has 7 heavy (non-hydrogen) atoms. The minimum Gasteiger partial charge on any atom is -0.466 e. The van der Waals surface area contributed by atoms with Crippen LogP contribution in [0.3, 0.4) is 0 Å². The van der Waals surface area contributed by atoms with Crippen LogP contribution < -0.4 is 0 Å². The van der Waals surface area contributed by atoms with E-state index in [9.17, 15) is 4.79 Å². The number of hydrogen-bond donors (Lipinski definition) is 0. The first-order valence-electron chi connectivity index (χ1n) is 1.90. The van der Waals surface area contributed by atoms with Crippen molar-refractivity contribution in [3.8, 4) is 0 Å². The molecule has 0 amide bonds. The minimum atomic E-state index is -0.211. The van der Waals surface area contributed by atoms with Crippen LogP contribution in [-0.2, 0) is 31.9 Å². The SMILES string of the molecule is CCOC(C)=O.[Ta]. The maximum Gasteiger partial charge on any atom is 0.302 e. The van der Waals surface area contributed by atoms with E-state index in [0.29, 0.717) is 6.61 Å². The molecule has 0 aliphatic carbocycles. The predicted octanol–water partition coefficient (Wildman–Crippen LogP) is 0.567. The van der Waals surface area contributed by atoms with Crippen LogP contribution in [0.25, 0.3) is 0 Å². The Kier molecular flexibility index (Phi) is 9.09. The van der Waals surface area contributed by atoms with Crippen LogP contribution in [0.15, 0.2) is 0 Å². The smallest absolute Gasteiger partial charge is 0.302 e. The Morgan fingerprint density at radius 1 is 1.71 bits per heavy atom. The average molecular weight is 269 g/mol. The van der Waals surface area contributed by atoms with Crippen molar-refractivity contribution in [2.75, 3.05) is 6.61 Å². The molecular weight excluding hydrogens is 261 g/mol. The number of ether oxygens (including phenoxy) is 1. The summed E-state index contributed by atoms with van der Waals surface area (Å²) in [6.07, 6.45) is 0. The second kappa shape index (κ2) is 6.21. The summed E-state index contributed by atoms with van der Waals surface area (Å²) in [6.45, 7) is 3.65. The van der Waals surface area contributed by atoms with Gasteiger partial charge in [-0.2, -0.15) is 0 Å². The molecule has 0 aliphatic heterocycles. The second-order valence-corrected chi connectivity index (χ2v) is 0.925. The van der Waals surface area contributed by atoms with E-state index in [0.717, 1.165) is 0 Å². The Bertz CT molecular complexity index is 53.7. The third-order valence-electron chi connectivity index (χ3n) is 0.348. The van der Waals surface area contributed by atoms with Gasteiger partial charge in [0.2, 0.25) is 0 Å². The van der Waals surface area contributed by atoms with Crippen molar-refractivity contribution in [3.05, 3.63) is 0 Å². The van der Waals surface area contributed by atoms with Crippen LogP contribution in [0.1, 0.15) is 13.8 Å². The molecule has 2 nitrogen and oxygen atoms in total. The van der Waals surface area contributed by atoms with E-state index in [1.54, 1.807) is 6.92 Å². The Labute approximate surface area is 58.7 Å². The maximum atomic E-state index is 9.82. The van der Waals surface area contributed by atoms with Crippen molar-refractivity contribution in [1.82, 2.24) is 0 Å². The van der Waals surface area contributed by atoms with Crippen LogP contribution in [0.4, 0.5) is 0 Å². The van der Waals surface area contributed by atoms with Gasteiger partial charge in [0.25, 0.3) is 0 Å². The van der Waals surface area contributed by atoms with E-state index >= 15 is 0 Å². The van der Waals surface area contributed by atoms with Gasteiger partial charge in [0, 0.05) is 29.3 Å². The van der Waals surface area contributed by atoms with E-state index in [4.69, 9.17) is 0 Å². The molecule has 0 bridgehead atoms. The number of carbonyl (C=O) groups excluding carboxylic acids is 1. The van der Waals surface area contributed by atoms with Crippen LogP contribution in [0.5, 0.6) is 0 Å². The fourth-order valence-electron chi connectivity index (χ4n) is 0.203. The van der Waals surface area contributed by atoms with Crippen LogP contribution >= 0.6 is 0 Å². The molecule has 0 spiro atoms. The first kappa shape index (κ1) is 10.2. The Morgan fingerprint density at radius 3 is 2.14 bits per heavy atom. The number of carbonyl (C=O) groups is 1. The molecule has 0 aromatic heterocycles. The standard InChI is InChI=1S/C4H8O2.Ta/c1-3-6-4(2)5;/h3H2,1-2H3;. The van der Waals surface area contributed by atoms with Crippen molar-refractivity contribution >= 4 is 5.97 Å². The second-order valence-electron chi connectivity index (χ2n) is 0.925. The van der Waals surface area contributed by atoms with Crippen molar-refractivity contribution in [3.63, 3.8) is 0 Å². The molecule has 1 radical (unpaired) electrons. The van der Waals surface area contributed by atoms with Gasteiger partial charge in [0.05, 0.1) is 6.61 Å². The summed E-state index contributed by atoms with van der Waals surface area (Å²) in [5, 5.41) is 0. The topological polar surface area (TPSA) is 26.3 Å². The fourth-order valence-corrected chi connectivity index (χ4v) is 0.203. The molecule has 0 heterocycles. The third-order valence-corrected chi connectivity index (χ3v) is 0.348. The van der Waals surface area contributed by atoms with E-state index < -0.39 is 0 Å². The molecule has 0 saturated carbocycles. The van der Waals surface area contributed by atoms with Crippen molar-refractivity contribution < 1.29 is 31.9 Å². The number of esters is 1. The normalized spacial score (nSPS) is 6.57. The van der Waals surface area contributed by atoms with Crippen LogP contribution in [0.2, 0.25) is 0 Å². The first-order chi connectivity index (χ1) is 2.77. The predicted molar refractivity (Wildman–Crippen MR) is 22.3 cm³/mol. The molecule has 3 heteroatoms. The van der Waals surface area contributed by atoms with Gasteiger partial charge < -0.3 is 4.74 Å². The van der Waals surface area contributed by atoms with E-state index in [1.807, 2.05) is 0 Å². The van der Waals surface area contributed by atoms with Gasteiger partial charge >= 0.3 is 5.97 Å². The zero-order chi connectivity index (χ0) is 4.99. The molecule has 0 saturated heterocycles. The molecule has 0 rings (SSSR count). The quantitative estimate of drug-likeness (QED) is 0.650. The fraction of sp³-hybridized carbons (Fsp3) is 0.750. The average Bonchev–Trinajstić information content (AvgIpc) is 1.35. The van der Waals surface area contributed by atoms with Gasteiger partial charge in [-0.1, -0.05) is 0 Å². The van der Waals surface area contributed by atoms with Crippen molar-refractivity contribution in [1.29, 1.82) is 0 Å². The summed E-state index contributed by atoms with van der Waals surface area (Å²) < 4.78 is 4.40. The van der Waals surface area contributed by atoms with Gasteiger partial charge in [-0.25, -0.2) is 0 Å². The summed E-state index contributed by atoms with van der Waals surface area (Å²) in [5.74, 6) is -0.211. The Morgan fingerprint density at radius 2 is 2.14 bits per heavy atom. The van der Waals surface area contributed by atoms with Crippen LogP contribution in [0, 0.1) is 0 Å². The van der Waals surface area contributed by atoms with Gasteiger partial charge in [-0.15, -0.1) is 0 Å². The first-order valence-corrected chi connectivity index (χ1v) is 1.90. The van der Waals surface area contributed by atoms with Gasteiger partial charge in [-0.05, 0) is 6.92 Å². The molecular formula is C4H8O2Ta. The minimum absolute atomic E-state index is 0. The van der Waals surface area contributed by atoms with Crippen molar-refractivity contribution in [2.45, 2.75) is 13.8 Å². The van der Waals surface area contributed by atoms with Crippen LogP contribution in [-0.4, -0.2) is 12.6 Å². The van der Waals surface area contributed by atoms with Gasteiger partial charge in [-0.3, -0.25) is 4.79 Å². The molecule has 0 aromatic rings. The summed E-state index contributed by atoms with van der Waals surface area (Å²) in [7, 11) is 0. The molecule has 0 fully saturated rings. The van der Waals surface area contributed by atoms with E-state index in [1.165, 1.54) is 6.92 Å². The molecule has 0 aliphatic rings. The molecule has 41 valence electrons. The van der Waals surface area contributed by atoms with E-state index in [2.05, 4.69) is 4.74 Å². The monoisotopic (exact) mass is 269 g/mol. The molecule has 0 N–H and O–H groups in total. The number of hydrogen-bond acceptors (Lipinski definition) is 2. The van der Waals surface area contributed by atoms with Gasteiger partial charge in [0.1, 0.15) is 0 Å². The summed E-state index contributed by atoms with van der Waals surface area (Å²) >= 11 is 0. The number of rotatable bonds is 1. The Balaban J connectivity index is 0. The zero-order valence-corrected chi connectivity index (χ0v) is 7.68.